The van der Waals surface area contributed by atoms with Gasteiger partial charge in [-0.05, 0) is 76.7 Å². The van der Waals surface area contributed by atoms with Crippen LogP contribution in [0, 0.1) is 5.92 Å². The van der Waals surface area contributed by atoms with Crippen molar-refractivity contribution in [3.8, 4) is 5.75 Å². The largest absolute Gasteiger partial charge is 0.506 e. The number of piperidine rings is 1. The normalized spacial score (nSPS) is 16.3. The summed E-state index contributed by atoms with van der Waals surface area (Å²) in [6.07, 6.45) is 2.73. The Kier molecular flexibility index (Phi) is 5.29. The molecular weight excluding hydrogens is 280 g/mol. The molecule has 1 aliphatic heterocycles. The van der Waals surface area contributed by atoms with Crippen molar-refractivity contribution in [1.29, 1.82) is 0 Å². The Morgan fingerprint density at radius 3 is 2.68 bits per heavy atom. The lowest BCUT2D eigenvalue weighted by Gasteiger charge is -2.23. The van der Waals surface area contributed by atoms with E-state index in [9.17, 15) is 9.90 Å². The maximum Gasteiger partial charge on any atom is 0.412 e. The van der Waals surface area contributed by atoms with Crippen molar-refractivity contribution in [3.63, 3.8) is 0 Å². The molecule has 1 amide bonds. The van der Waals surface area contributed by atoms with Crippen molar-refractivity contribution in [2.75, 3.05) is 18.4 Å². The molecule has 0 aliphatic carbocycles. The average Bonchev–Trinajstić information content (AvgIpc) is 2.41. The monoisotopic (exact) mass is 306 g/mol. The molecule has 0 radical (unpaired) electrons. The van der Waals surface area contributed by atoms with Crippen LogP contribution in [-0.2, 0) is 11.2 Å². The number of carbonyl (C=O) groups is 1. The number of ether oxygens (including phenoxy) is 1. The minimum atomic E-state index is -0.563. The van der Waals surface area contributed by atoms with Crippen molar-refractivity contribution >= 4 is 11.8 Å². The van der Waals surface area contributed by atoms with Crippen molar-refractivity contribution < 1.29 is 14.6 Å². The number of nitrogens with one attached hydrogen (secondary N) is 2. The average molecular weight is 306 g/mol. The first-order chi connectivity index (χ1) is 10.3. The first kappa shape index (κ1) is 16.6. The molecule has 0 atom stereocenters. The Morgan fingerprint density at radius 2 is 2.05 bits per heavy atom. The predicted molar refractivity (Wildman–Crippen MR) is 87.3 cm³/mol. The molecule has 0 aromatic heterocycles. The molecule has 1 heterocycles. The molecule has 22 heavy (non-hydrogen) atoms. The number of hydrogen-bond acceptors (Lipinski definition) is 4. The molecule has 1 aromatic rings. The lowest BCUT2D eigenvalue weighted by Crippen LogP contribution is -2.28. The smallest absolute Gasteiger partial charge is 0.412 e. The summed E-state index contributed by atoms with van der Waals surface area (Å²) >= 11 is 0. The number of anilines is 1. The topological polar surface area (TPSA) is 70.6 Å². The van der Waals surface area contributed by atoms with E-state index < -0.39 is 11.7 Å². The van der Waals surface area contributed by atoms with Gasteiger partial charge in [0.05, 0.1) is 5.69 Å². The Balaban J connectivity index is 2.01. The fourth-order valence-corrected chi connectivity index (χ4v) is 2.64. The number of hydrogen-bond donors (Lipinski definition) is 3. The predicted octanol–water partition coefficient (Wildman–Crippen LogP) is 3.28. The maximum atomic E-state index is 11.8. The van der Waals surface area contributed by atoms with E-state index in [2.05, 4.69) is 10.6 Å². The van der Waals surface area contributed by atoms with Crippen molar-refractivity contribution in [2.45, 2.75) is 45.6 Å². The lowest BCUT2D eigenvalue weighted by molar-refractivity contribution is 0.0635. The van der Waals surface area contributed by atoms with Gasteiger partial charge in [-0.1, -0.05) is 6.07 Å². The number of benzene rings is 1. The summed E-state index contributed by atoms with van der Waals surface area (Å²) in [4.78, 5) is 11.8. The van der Waals surface area contributed by atoms with Crippen LogP contribution in [0.5, 0.6) is 5.75 Å². The molecule has 0 unspecified atom stereocenters. The summed E-state index contributed by atoms with van der Waals surface area (Å²) < 4.78 is 5.22. The van der Waals surface area contributed by atoms with Crippen molar-refractivity contribution in [2.24, 2.45) is 5.92 Å². The molecule has 0 bridgehead atoms. The molecule has 2 rings (SSSR count). The third kappa shape index (κ3) is 5.22. The van der Waals surface area contributed by atoms with Crippen LogP contribution in [0.3, 0.4) is 0 Å². The van der Waals surface area contributed by atoms with Gasteiger partial charge in [-0.2, -0.15) is 0 Å². The summed E-state index contributed by atoms with van der Waals surface area (Å²) in [7, 11) is 0. The minimum absolute atomic E-state index is 0.0555. The number of rotatable bonds is 3. The lowest BCUT2D eigenvalue weighted by atomic mass is 9.91. The Labute approximate surface area is 132 Å². The number of aromatic hydroxyl groups is 1. The van der Waals surface area contributed by atoms with Gasteiger partial charge in [0.2, 0.25) is 0 Å². The zero-order chi connectivity index (χ0) is 16.2. The van der Waals surface area contributed by atoms with Gasteiger partial charge in [0.1, 0.15) is 11.4 Å². The van der Waals surface area contributed by atoms with Gasteiger partial charge >= 0.3 is 6.09 Å². The summed E-state index contributed by atoms with van der Waals surface area (Å²) in [5, 5.41) is 15.9. The zero-order valence-electron chi connectivity index (χ0n) is 13.6. The number of phenols is 1. The van der Waals surface area contributed by atoms with Crippen LogP contribution in [0.15, 0.2) is 18.2 Å². The standard InChI is InChI=1S/C17H26N2O3/c1-17(2,3)22-16(21)19-14-11-13(4-5-15(14)20)10-12-6-8-18-9-7-12/h4-5,11-12,18,20H,6-10H2,1-3H3,(H,19,21). The molecule has 5 nitrogen and oxygen atoms in total. The van der Waals surface area contributed by atoms with Crippen molar-refractivity contribution in [3.05, 3.63) is 23.8 Å². The minimum Gasteiger partial charge on any atom is -0.506 e. The Hall–Kier alpha value is -1.75. The molecule has 0 spiro atoms. The molecule has 1 fully saturated rings. The van der Waals surface area contributed by atoms with E-state index in [1.54, 1.807) is 26.8 Å². The van der Waals surface area contributed by atoms with Crippen LogP contribution < -0.4 is 10.6 Å². The second-order valence-electron chi connectivity index (χ2n) is 6.88. The highest BCUT2D eigenvalue weighted by Gasteiger charge is 2.18. The van der Waals surface area contributed by atoms with E-state index in [0.717, 1.165) is 37.9 Å². The highest BCUT2D eigenvalue weighted by atomic mass is 16.6. The van der Waals surface area contributed by atoms with Gasteiger partial charge in [-0.15, -0.1) is 0 Å². The van der Waals surface area contributed by atoms with E-state index in [1.807, 2.05) is 12.1 Å². The summed E-state index contributed by atoms with van der Waals surface area (Å²) in [6.45, 7) is 7.54. The SMILES string of the molecule is CC(C)(C)OC(=O)Nc1cc(CC2CCNCC2)ccc1O. The summed E-state index contributed by atoms with van der Waals surface area (Å²) in [5.41, 5.74) is 0.961. The van der Waals surface area contributed by atoms with Crippen LogP contribution >= 0.6 is 0 Å². The van der Waals surface area contributed by atoms with Gasteiger partial charge in [-0.3, -0.25) is 5.32 Å². The van der Waals surface area contributed by atoms with E-state index in [0.29, 0.717) is 11.6 Å². The molecule has 1 aromatic carbocycles. The Morgan fingerprint density at radius 1 is 1.36 bits per heavy atom. The zero-order valence-corrected chi connectivity index (χ0v) is 13.6. The molecule has 0 saturated carbocycles. The highest BCUT2D eigenvalue weighted by molar-refractivity contribution is 5.87. The molecule has 5 heteroatoms. The first-order valence-corrected chi connectivity index (χ1v) is 7.86. The van der Waals surface area contributed by atoms with E-state index in [4.69, 9.17) is 4.74 Å². The summed E-state index contributed by atoms with van der Waals surface area (Å²) in [5.74, 6) is 0.708. The van der Waals surface area contributed by atoms with Gasteiger partial charge in [-0.25, -0.2) is 4.79 Å². The van der Waals surface area contributed by atoms with Crippen molar-refractivity contribution in [1.82, 2.24) is 5.32 Å². The second-order valence-corrected chi connectivity index (χ2v) is 6.88. The van der Waals surface area contributed by atoms with E-state index >= 15 is 0 Å². The van der Waals surface area contributed by atoms with Crippen LogP contribution in [0.2, 0.25) is 0 Å². The van der Waals surface area contributed by atoms with Crippen LogP contribution in [-0.4, -0.2) is 29.9 Å². The van der Waals surface area contributed by atoms with Gasteiger partial charge in [0.25, 0.3) is 0 Å². The molecular formula is C17H26N2O3. The van der Waals surface area contributed by atoms with Gasteiger partial charge in [0.15, 0.2) is 0 Å². The summed E-state index contributed by atoms with van der Waals surface area (Å²) in [6, 6.07) is 5.38. The fourth-order valence-electron chi connectivity index (χ4n) is 2.64. The fraction of sp³-hybridized carbons (Fsp3) is 0.588. The highest BCUT2D eigenvalue weighted by Crippen LogP contribution is 2.27. The molecule has 1 aliphatic rings. The van der Waals surface area contributed by atoms with Crippen LogP contribution in [0.25, 0.3) is 0 Å². The van der Waals surface area contributed by atoms with Crippen LogP contribution in [0.1, 0.15) is 39.2 Å². The number of phenolic OH excluding ortho intramolecular Hbond substituents is 1. The van der Waals surface area contributed by atoms with E-state index in [1.165, 1.54) is 0 Å². The van der Waals surface area contributed by atoms with E-state index in [-0.39, 0.29) is 5.75 Å². The quantitative estimate of drug-likeness (QED) is 0.750. The molecule has 122 valence electrons. The van der Waals surface area contributed by atoms with Gasteiger partial charge in [0, 0.05) is 0 Å². The van der Waals surface area contributed by atoms with Crippen LogP contribution in [0.4, 0.5) is 10.5 Å². The first-order valence-electron chi connectivity index (χ1n) is 7.86. The third-order valence-corrected chi connectivity index (χ3v) is 3.68. The molecule has 3 N–H and O–H groups in total. The molecule has 1 saturated heterocycles. The second kappa shape index (κ2) is 7.01. The third-order valence-electron chi connectivity index (χ3n) is 3.68. The maximum absolute atomic E-state index is 11.8. The number of carbonyl (C=O) groups excluding carboxylic acids is 1. The Bertz CT molecular complexity index is 517. The van der Waals surface area contributed by atoms with Gasteiger partial charge < -0.3 is 15.2 Å². The number of amides is 1.